The summed E-state index contributed by atoms with van der Waals surface area (Å²) >= 11 is 0. The lowest BCUT2D eigenvalue weighted by atomic mass is 9.89. The largest absolute Gasteiger partial charge is 0.490 e. The summed E-state index contributed by atoms with van der Waals surface area (Å²) < 4.78 is 11.1. The minimum atomic E-state index is -0.376. The zero-order valence-corrected chi connectivity index (χ0v) is 12.2. The molecule has 0 radical (unpaired) electrons. The zero-order chi connectivity index (χ0) is 14.5. The maximum atomic E-state index is 12.0. The Balaban J connectivity index is 2.12. The molecule has 4 heteroatoms. The highest BCUT2D eigenvalue weighted by atomic mass is 16.5. The van der Waals surface area contributed by atoms with Crippen LogP contribution in [-0.4, -0.2) is 18.7 Å². The van der Waals surface area contributed by atoms with E-state index in [1.807, 2.05) is 0 Å². The molecular weight excluding hydrogens is 254 g/mol. The number of carbonyl (C=O) groups is 1. The van der Waals surface area contributed by atoms with Gasteiger partial charge < -0.3 is 15.2 Å². The Hall–Kier alpha value is -1.71. The van der Waals surface area contributed by atoms with Crippen LogP contribution in [0.25, 0.3) is 0 Å². The summed E-state index contributed by atoms with van der Waals surface area (Å²) in [7, 11) is 0. The first-order valence-electron chi connectivity index (χ1n) is 7.33. The number of nitrogen functional groups attached to an aromatic ring is 1. The molecule has 4 nitrogen and oxygen atoms in total. The highest BCUT2D eigenvalue weighted by Gasteiger charge is 2.22. The van der Waals surface area contributed by atoms with Gasteiger partial charge in [0, 0.05) is 5.69 Å². The first kappa shape index (κ1) is 14.7. The molecule has 0 unspecified atom stereocenters. The highest BCUT2D eigenvalue weighted by Crippen LogP contribution is 2.30. The summed E-state index contributed by atoms with van der Waals surface area (Å²) in [4.78, 5) is 12.0. The van der Waals surface area contributed by atoms with Gasteiger partial charge in [-0.15, -0.1) is 0 Å². The summed E-state index contributed by atoms with van der Waals surface area (Å²) in [5, 5.41) is 0. The van der Waals surface area contributed by atoms with E-state index in [4.69, 9.17) is 15.2 Å². The molecule has 2 rings (SSSR count). The number of carbonyl (C=O) groups excluding carboxylic acids is 1. The van der Waals surface area contributed by atoms with Crippen LogP contribution in [0.5, 0.6) is 5.75 Å². The lowest BCUT2D eigenvalue weighted by Crippen LogP contribution is -2.24. The van der Waals surface area contributed by atoms with Gasteiger partial charge in [0.05, 0.1) is 12.7 Å². The van der Waals surface area contributed by atoms with E-state index in [1.54, 1.807) is 25.1 Å². The molecule has 0 heterocycles. The molecule has 1 aromatic carbocycles. The van der Waals surface area contributed by atoms with Crippen molar-refractivity contribution in [2.24, 2.45) is 5.92 Å². The minimum absolute atomic E-state index is 0.183. The second-order valence-corrected chi connectivity index (χ2v) is 5.48. The maximum Gasteiger partial charge on any atom is 0.341 e. The van der Waals surface area contributed by atoms with Crippen LogP contribution < -0.4 is 10.5 Å². The van der Waals surface area contributed by atoms with Crippen LogP contribution in [0.1, 0.15) is 49.9 Å². The Morgan fingerprint density at radius 2 is 2.00 bits per heavy atom. The predicted molar refractivity (Wildman–Crippen MR) is 78.9 cm³/mol. The normalized spacial score (nSPS) is 22.3. The van der Waals surface area contributed by atoms with Gasteiger partial charge in [-0.05, 0) is 56.7 Å². The van der Waals surface area contributed by atoms with E-state index < -0.39 is 0 Å². The van der Waals surface area contributed by atoms with Crippen LogP contribution in [-0.2, 0) is 4.74 Å². The van der Waals surface area contributed by atoms with Crippen LogP contribution in [0, 0.1) is 5.92 Å². The van der Waals surface area contributed by atoms with Crippen LogP contribution in [0.3, 0.4) is 0 Å². The predicted octanol–water partition coefficient (Wildman–Crippen LogP) is 3.40. The molecule has 1 aliphatic carbocycles. The summed E-state index contributed by atoms with van der Waals surface area (Å²) in [6, 6.07) is 5.14. The molecule has 1 aliphatic rings. The third-order valence-electron chi connectivity index (χ3n) is 3.76. The van der Waals surface area contributed by atoms with Gasteiger partial charge in [-0.3, -0.25) is 0 Å². The second-order valence-electron chi connectivity index (χ2n) is 5.48. The second kappa shape index (κ2) is 6.64. The highest BCUT2D eigenvalue weighted by molar-refractivity contribution is 5.93. The maximum absolute atomic E-state index is 12.0. The van der Waals surface area contributed by atoms with Gasteiger partial charge in [0.1, 0.15) is 11.3 Å². The van der Waals surface area contributed by atoms with Crippen molar-refractivity contribution < 1.29 is 14.3 Å². The first-order chi connectivity index (χ1) is 9.60. The molecular formula is C16H23NO3. The fourth-order valence-electron chi connectivity index (χ4n) is 2.55. The Labute approximate surface area is 120 Å². The number of ether oxygens (including phenoxy) is 2. The Morgan fingerprint density at radius 3 is 2.65 bits per heavy atom. The number of hydrogen-bond donors (Lipinski definition) is 1. The van der Waals surface area contributed by atoms with Gasteiger partial charge in [-0.2, -0.15) is 0 Å². The summed E-state index contributed by atoms with van der Waals surface area (Å²) in [6.07, 6.45) is 4.60. The smallest absolute Gasteiger partial charge is 0.341 e. The van der Waals surface area contributed by atoms with E-state index in [0.29, 0.717) is 23.6 Å². The zero-order valence-electron chi connectivity index (χ0n) is 12.2. The molecule has 0 aliphatic heterocycles. The third-order valence-corrected chi connectivity index (χ3v) is 3.76. The molecule has 0 aromatic heterocycles. The van der Waals surface area contributed by atoms with Crippen molar-refractivity contribution in [2.45, 2.75) is 45.6 Å². The summed E-state index contributed by atoms with van der Waals surface area (Å²) in [5.41, 5.74) is 6.71. The number of hydrogen-bond acceptors (Lipinski definition) is 4. The van der Waals surface area contributed by atoms with Crippen LogP contribution in [0.15, 0.2) is 18.2 Å². The standard InChI is InChI=1S/C16H23NO3/c1-3-19-16(18)14-10-12(17)6-9-15(14)20-13-7-4-11(2)5-8-13/h6,9-11,13H,3-5,7-8,17H2,1-2H3. The van der Waals surface area contributed by atoms with E-state index in [9.17, 15) is 4.79 Å². The molecule has 0 bridgehead atoms. The van der Waals surface area contributed by atoms with E-state index in [2.05, 4.69) is 6.92 Å². The van der Waals surface area contributed by atoms with Crippen LogP contribution in [0.4, 0.5) is 5.69 Å². The Bertz CT molecular complexity index is 465. The number of nitrogens with two attached hydrogens (primary N) is 1. The molecule has 0 amide bonds. The summed E-state index contributed by atoms with van der Waals surface area (Å²) in [6.45, 7) is 4.39. The van der Waals surface area contributed by atoms with Crippen molar-refractivity contribution in [2.75, 3.05) is 12.3 Å². The average Bonchev–Trinajstić information content (AvgIpc) is 2.43. The van der Waals surface area contributed by atoms with E-state index >= 15 is 0 Å². The van der Waals surface area contributed by atoms with Crippen molar-refractivity contribution in [3.63, 3.8) is 0 Å². The SMILES string of the molecule is CCOC(=O)c1cc(N)ccc1OC1CCC(C)CC1. The Morgan fingerprint density at radius 1 is 1.30 bits per heavy atom. The van der Waals surface area contributed by atoms with Gasteiger partial charge in [0.15, 0.2) is 0 Å². The monoisotopic (exact) mass is 277 g/mol. The summed E-state index contributed by atoms with van der Waals surface area (Å²) in [5.74, 6) is 0.974. The average molecular weight is 277 g/mol. The van der Waals surface area contributed by atoms with Gasteiger partial charge in [0.2, 0.25) is 0 Å². The van der Waals surface area contributed by atoms with E-state index in [0.717, 1.165) is 18.8 Å². The Kier molecular flexibility index (Phi) is 4.88. The van der Waals surface area contributed by atoms with Crippen molar-refractivity contribution in [1.82, 2.24) is 0 Å². The van der Waals surface area contributed by atoms with Crippen LogP contribution >= 0.6 is 0 Å². The van der Waals surface area contributed by atoms with Crippen molar-refractivity contribution in [3.8, 4) is 5.75 Å². The van der Waals surface area contributed by atoms with Gasteiger partial charge >= 0.3 is 5.97 Å². The first-order valence-corrected chi connectivity index (χ1v) is 7.33. The lowest BCUT2D eigenvalue weighted by Gasteiger charge is -2.27. The van der Waals surface area contributed by atoms with E-state index in [-0.39, 0.29) is 12.1 Å². The number of benzene rings is 1. The van der Waals surface area contributed by atoms with Crippen molar-refractivity contribution in [1.29, 1.82) is 0 Å². The van der Waals surface area contributed by atoms with Crippen LogP contribution in [0.2, 0.25) is 0 Å². The topological polar surface area (TPSA) is 61.5 Å². The molecule has 0 spiro atoms. The molecule has 1 fully saturated rings. The molecule has 2 N–H and O–H groups in total. The number of esters is 1. The van der Waals surface area contributed by atoms with Gasteiger partial charge in [0.25, 0.3) is 0 Å². The molecule has 1 aromatic rings. The van der Waals surface area contributed by atoms with Gasteiger partial charge in [-0.1, -0.05) is 6.92 Å². The van der Waals surface area contributed by atoms with Gasteiger partial charge in [-0.25, -0.2) is 4.79 Å². The van der Waals surface area contributed by atoms with E-state index in [1.165, 1.54) is 12.8 Å². The quantitative estimate of drug-likeness (QED) is 0.676. The fourth-order valence-corrected chi connectivity index (χ4v) is 2.55. The molecule has 0 atom stereocenters. The molecule has 110 valence electrons. The third kappa shape index (κ3) is 3.65. The van der Waals surface area contributed by atoms with Crippen molar-refractivity contribution >= 4 is 11.7 Å². The fraction of sp³-hybridized carbons (Fsp3) is 0.562. The van der Waals surface area contributed by atoms with Crippen molar-refractivity contribution in [3.05, 3.63) is 23.8 Å². The number of anilines is 1. The minimum Gasteiger partial charge on any atom is -0.490 e. The molecule has 0 saturated heterocycles. The molecule has 1 saturated carbocycles. The molecule has 20 heavy (non-hydrogen) atoms. The lowest BCUT2D eigenvalue weighted by molar-refractivity contribution is 0.0515. The number of rotatable bonds is 4.